The highest BCUT2D eigenvalue weighted by Gasteiger charge is 2.25. The van der Waals surface area contributed by atoms with Gasteiger partial charge < -0.3 is 15.3 Å². The van der Waals surface area contributed by atoms with Gasteiger partial charge in [-0.3, -0.25) is 0 Å². The van der Waals surface area contributed by atoms with Gasteiger partial charge in [-0.05, 0) is 49.9 Å². The molecule has 4 nitrogen and oxygen atoms in total. The van der Waals surface area contributed by atoms with E-state index in [1.165, 1.54) is 5.56 Å². The number of aliphatic hydroxyl groups excluding tert-OH is 1. The van der Waals surface area contributed by atoms with E-state index in [0.29, 0.717) is 12.0 Å². The summed E-state index contributed by atoms with van der Waals surface area (Å²) in [5.74, 6) is 1.34. The fourth-order valence-corrected chi connectivity index (χ4v) is 2.70. The Bertz CT molecular complexity index is 424. The fraction of sp³-hybridized carbons (Fsp3) is 0.688. The van der Waals surface area contributed by atoms with Crippen molar-refractivity contribution >= 4 is 5.82 Å². The van der Waals surface area contributed by atoms with Gasteiger partial charge >= 0.3 is 0 Å². The molecule has 2 heterocycles. The Morgan fingerprint density at radius 2 is 2.35 bits per heavy atom. The molecule has 0 saturated carbocycles. The largest absolute Gasteiger partial charge is 0.393 e. The van der Waals surface area contributed by atoms with Crippen LogP contribution < -0.4 is 10.2 Å². The van der Waals surface area contributed by atoms with Gasteiger partial charge in [-0.1, -0.05) is 13.8 Å². The third-order valence-corrected chi connectivity index (χ3v) is 4.15. The van der Waals surface area contributed by atoms with Gasteiger partial charge in [0.25, 0.3) is 0 Å². The number of anilines is 1. The third kappa shape index (κ3) is 3.70. The van der Waals surface area contributed by atoms with E-state index in [-0.39, 0.29) is 6.10 Å². The van der Waals surface area contributed by atoms with E-state index in [1.807, 2.05) is 6.20 Å². The minimum absolute atomic E-state index is 0.167. The van der Waals surface area contributed by atoms with Crippen LogP contribution in [0.3, 0.4) is 0 Å². The number of aromatic nitrogens is 1. The summed E-state index contributed by atoms with van der Waals surface area (Å²) < 4.78 is 0. The maximum Gasteiger partial charge on any atom is 0.128 e. The number of piperidine rings is 1. The first-order valence-corrected chi connectivity index (χ1v) is 7.74. The molecule has 0 amide bonds. The van der Waals surface area contributed by atoms with Crippen LogP contribution in [0.2, 0.25) is 0 Å². The third-order valence-electron chi connectivity index (χ3n) is 4.15. The summed E-state index contributed by atoms with van der Waals surface area (Å²) in [6, 6.07) is 4.61. The van der Waals surface area contributed by atoms with Crippen LogP contribution in [0.1, 0.15) is 45.2 Å². The number of nitrogens with one attached hydrogen (secondary N) is 1. The number of pyridine rings is 1. The van der Waals surface area contributed by atoms with Crippen LogP contribution >= 0.6 is 0 Å². The van der Waals surface area contributed by atoms with Crippen LogP contribution in [-0.4, -0.2) is 35.8 Å². The molecule has 0 aromatic carbocycles. The summed E-state index contributed by atoms with van der Waals surface area (Å²) in [5.41, 5.74) is 1.28. The summed E-state index contributed by atoms with van der Waals surface area (Å²) in [7, 11) is 0. The van der Waals surface area contributed by atoms with Crippen molar-refractivity contribution in [1.29, 1.82) is 0 Å². The Balaban J connectivity index is 2.05. The van der Waals surface area contributed by atoms with Crippen molar-refractivity contribution in [2.24, 2.45) is 5.92 Å². The number of aliphatic hydroxyl groups is 1. The van der Waals surface area contributed by atoms with E-state index in [4.69, 9.17) is 0 Å². The monoisotopic (exact) mass is 277 g/mol. The maximum absolute atomic E-state index is 9.83. The average molecular weight is 277 g/mol. The van der Waals surface area contributed by atoms with Gasteiger partial charge in [0, 0.05) is 25.3 Å². The Hall–Kier alpha value is -1.13. The average Bonchev–Trinajstić information content (AvgIpc) is 2.47. The van der Waals surface area contributed by atoms with Crippen LogP contribution in [0.25, 0.3) is 0 Å². The molecule has 3 unspecified atom stereocenters. The molecule has 0 bridgehead atoms. The van der Waals surface area contributed by atoms with Crippen LogP contribution in [0.4, 0.5) is 5.82 Å². The molecule has 1 aliphatic heterocycles. The maximum atomic E-state index is 9.83. The van der Waals surface area contributed by atoms with E-state index in [1.54, 1.807) is 0 Å². The van der Waals surface area contributed by atoms with E-state index in [2.05, 4.69) is 48.1 Å². The van der Waals surface area contributed by atoms with Gasteiger partial charge in [0.2, 0.25) is 0 Å². The van der Waals surface area contributed by atoms with E-state index < -0.39 is 0 Å². The second-order valence-corrected chi connectivity index (χ2v) is 5.90. The summed E-state index contributed by atoms with van der Waals surface area (Å²) >= 11 is 0. The molecule has 0 radical (unpaired) electrons. The van der Waals surface area contributed by atoms with Gasteiger partial charge in [0.05, 0.1) is 6.10 Å². The van der Waals surface area contributed by atoms with Crippen molar-refractivity contribution < 1.29 is 5.11 Å². The molecule has 1 saturated heterocycles. The van der Waals surface area contributed by atoms with Crippen molar-refractivity contribution in [3.05, 3.63) is 23.9 Å². The lowest BCUT2D eigenvalue weighted by Gasteiger charge is -2.35. The van der Waals surface area contributed by atoms with Crippen molar-refractivity contribution in [3.63, 3.8) is 0 Å². The molecule has 2 N–H and O–H groups in total. The Labute approximate surface area is 122 Å². The number of rotatable bonds is 5. The molecule has 3 atom stereocenters. The van der Waals surface area contributed by atoms with E-state index >= 15 is 0 Å². The zero-order valence-corrected chi connectivity index (χ0v) is 12.8. The van der Waals surface area contributed by atoms with Crippen LogP contribution in [0.15, 0.2) is 18.3 Å². The molecule has 0 spiro atoms. The fourth-order valence-electron chi connectivity index (χ4n) is 2.70. The van der Waals surface area contributed by atoms with Crippen LogP contribution in [0.5, 0.6) is 0 Å². The molecule has 2 rings (SSSR count). The van der Waals surface area contributed by atoms with Crippen molar-refractivity contribution in [3.8, 4) is 0 Å². The van der Waals surface area contributed by atoms with Gasteiger partial charge in [-0.15, -0.1) is 0 Å². The zero-order valence-electron chi connectivity index (χ0n) is 12.8. The molecule has 0 aliphatic carbocycles. The van der Waals surface area contributed by atoms with Gasteiger partial charge in [0.1, 0.15) is 5.82 Å². The van der Waals surface area contributed by atoms with E-state index in [0.717, 1.165) is 38.3 Å². The lowest BCUT2D eigenvalue weighted by atomic mass is 9.96. The molecule has 20 heavy (non-hydrogen) atoms. The standard InChI is InChI=1S/C16H27N3O/c1-4-7-17-13(3)14-5-8-18-16(10-14)19-9-6-15(20)12(2)11-19/h5,8,10,12-13,15,17,20H,4,6-7,9,11H2,1-3H3. The summed E-state index contributed by atoms with van der Waals surface area (Å²) in [6.07, 6.45) is 3.70. The Kier molecular flexibility index (Phi) is 5.38. The minimum atomic E-state index is -0.167. The Morgan fingerprint density at radius 3 is 3.05 bits per heavy atom. The molecule has 1 fully saturated rings. The number of hydrogen-bond donors (Lipinski definition) is 2. The van der Waals surface area contributed by atoms with Crippen LogP contribution in [0, 0.1) is 5.92 Å². The topological polar surface area (TPSA) is 48.4 Å². The smallest absolute Gasteiger partial charge is 0.128 e. The Morgan fingerprint density at radius 1 is 1.55 bits per heavy atom. The number of nitrogens with zero attached hydrogens (tertiary/aromatic N) is 2. The predicted molar refractivity (Wildman–Crippen MR) is 82.9 cm³/mol. The second-order valence-electron chi connectivity index (χ2n) is 5.90. The lowest BCUT2D eigenvalue weighted by molar-refractivity contribution is 0.0969. The van der Waals surface area contributed by atoms with Gasteiger partial charge in [0.15, 0.2) is 0 Å². The summed E-state index contributed by atoms with van der Waals surface area (Å²) in [6.45, 7) is 9.28. The van der Waals surface area contributed by atoms with Crippen molar-refractivity contribution in [2.45, 2.75) is 45.8 Å². The normalized spacial score (nSPS) is 24.7. The predicted octanol–water partition coefficient (Wildman–Crippen LogP) is 2.35. The molecular formula is C16H27N3O. The van der Waals surface area contributed by atoms with Crippen molar-refractivity contribution in [1.82, 2.24) is 10.3 Å². The molecule has 1 aromatic rings. The highest BCUT2D eigenvalue weighted by Crippen LogP contribution is 2.24. The molecule has 112 valence electrons. The van der Waals surface area contributed by atoms with E-state index in [9.17, 15) is 5.11 Å². The highest BCUT2D eigenvalue weighted by atomic mass is 16.3. The first kappa shape index (κ1) is 15.3. The zero-order chi connectivity index (χ0) is 14.5. The summed E-state index contributed by atoms with van der Waals surface area (Å²) in [5, 5.41) is 13.3. The molecular weight excluding hydrogens is 250 g/mol. The van der Waals surface area contributed by atoms with Gasteiger partial charge in [-0.2, -0.15) is 0 Å². The molecule has 4 heteroatoms. The molecule has 1 aromatic heterocycles. The quantitative estimate of drug-likeness (QED) is 0.867. The first-order valence-electron chi connectivity index (χ1n) is 7.74. The van der Waals surface area contributed by atoms with Crippen molar-refractivity contribution in [2.75, 3.05) is 24.5 Å². The van der Waals surface area contributed by atoms with Gasteiger partial charge in [-0.25, -0.2) is 4.98 Å². The van der Waals surface area contributed by atoms with Crippen LogP contribution in [-0.2, 0) is 0 Å². The second kappa shape index (κ2) is 7.04. The first-order chi connectivity index (χ1) is 9.61. The lowest BCUT2D eigenvalue weighted by Crippen LogP contribution is -2.42. The molecule has 1 aliphatic rings. The number of hydrogen-bond acceptors (Lipinski definition) is 4. The minimum Gasteiger partial charge on any atom is -0.393 e. The SMILES string of the molecule is CCCNC(C)c1ccnc(N2CCC(O)C(C)C2)c1. The highest BCUT2D eigenvalue weighted by molar-refractivity contribution is 5.42. The summed E-state index contributed by atoms with van der Waals surface area (Å²) in [4.78, 5) is 6.79.